The Hall–Kier alpha value is -0.700. The lowest BCUT2D eigenvalue weighted by molar-refractivity contribution is 0.338. The largest absolute Gasteiger partial charge is 0.511 e. The molecule has 0 aliphatic heterocycles. The zero-order valence-electron chi connectivity index (χ0n) is 6.89. The molecule has 10 heavy (non-hydrogen) atoms. The van der Waals surface area contributed by atoms with E-state index < -0.39 is 0 Å². The van der Waals surface area contributed by atoms with Crippen LogP contribution in [0.2, 0.25) is 0 Å². The number of rotatable bonds is 4. The molecule has 3 nitrogen and oxygen atoms in total. The molecule has 0 aliphatic carbocycles. The lowest BCUT2D eigenvalue weighted by Gasteiger charge is -2.07. The average Bonchev–Trinajstić information content (AvgIpc) is 1.85. The monoisotopic (exact) mass is 144 g/mol. The van der Waals surface area contributed by atoms with E-state index >= 15 is 0 Å². The van der Waals surface area contributed by atoms with Crippen LogP contribution in [-0.2, 0) is 0 Å². The van der Waals surface area contributed by atoms with Crippen LogP contribution in [0.15, 0.2) is 12.0 Å². The van der Waals surface area contributed by atoms with Crippen molar-refractivity contribution in [3.05, 3.63) is 12.0 Å². The van der Waals surface area contributed by atoms with Gasteiger partial charge >= 0.3 is 0 Å². The van der Waals surface area contributed by atoms with E-state index in [9.17, 15) is 0 Å². The van der Waals surface area contributed by atoms with Crippen LogP contribution in [0.25, 0.3) is 0 Å². The highest BCUT2D eigenvalue weighted by Crippen LogP contribution is 1.94. The Kier molecular flexibility index (Phi) is 4.76. The summed E-state index contributed by atoms with van der Waals surface area (Å²) in [6.07, 6.45) is 2.30. The third-order valence-electron chi connectivity index (χ3n) is 1.13. The van der Waals surface area contributed by atoms with Crippen molar-refractivity contribution in [3.63, 3.8) is 0 Å². The third-order valence-corrected chi connectivity index (χ3v) is 1.13. The first kappa shape index (κ1) is 9.30. The topological polar surface area (TPSA) is 35.5 Å². The molecule has 0 spiro atoms. The summed E-state index contributed by atoms with van der Waals surface area (Å²) < 4.78 is 0. The highest BCUT2D eigenvalue weighted by Gasteiger charge is 1.93. The second kappa shape index (κ2) is 5.11. The van der Waals surface area contributed by atoms with Gasteiger partial charge in [0.2, 0.25) is 0 Å². The molecule has 0 aromatic carbocycles. The summed E-state index contributed by atoms with van der Waals surface area (Å²) in [5, 5.41) is 11.8. The summed E-state index contributed by atoms with van der Waals surface area (Å²) in [5.41, 5.74) is 0. The smallest absolute Gasteiger partial charge is 0.109 e. The first-order valence-electron chi connectivity index (χ1n) is 3.37. The van der Waals surface area contributed by atoms with Gasteiger partial charge in [-0.15, -0.1) is 0 Å². The minimum Gasteiger partial charge on any atom is -0.511 e. The van der Waals surface area contributed by atoms with E-state index in [0.717, 1.165) is 6.54 Å². The van der Waals surface area contributed by atoms with Gasteiger partial charge in [0.15, 0.2) is 0 Å². The number of hydrogen-bond donors (Lipinski definition) is 2. The summed E-state index contributed by atoms with van der Waals surface area (Å²) in [6, 6.07) is 0. The van der Waals surface area contributed by atoms with Crippen LogP contribution < -0.4 is 5.32 Å². The quantitative estimate of drug-likeness (QED) is 0.566. The van der Waals surface area contributed by atoms with Gasteiger partial charge in [-0.05, 0) is 14.1 Å². The van der Waals surface area contributed by atoms with Crippen LogP contribution in [0.1, 0.15) is 6.42 Å². The van der Waals surface area contributed by atoms with Gasteiger partial charge < -0.3 is 15.3 Å². The maximum atomic E-state index is 9.07. The Balaban J connectivity index is 3.39. The van der Waals surface area contributed by atoms with Crippen molar-refractivity contribution < 1.29 is 5.11 Å². The van der Waals surface area contributed by atoms with Crippen LogP contribution in [0, 0.1) is 0 Å². The summed E-state index contributed by atoms with van der Waals surface area (Å²) in [6.45, 7) is 0.879. The number of nitrogens with one attached hydrogen (secondary N) is 1. The van der Waals surface area contributed by atoms with Crippen LogP contribution in [0.4, 0.5) is 0 Å². The van der Waals surface area contributed by atoms with Crippen molar-refractivity contribution in [1.29, 1.82) is 0 Å². The molecule has 0 aromatic rings. The fourth-order valence-electron chi connectivity index (χ4n) is 0.577. The SMILES string of the molecule is CN/C=C(\O)CCN(C)C. The first-order valence-corrected chi connectivity index (χ1v) is 3.37. The van der Waals surface area contributed by atoms with Crippen molar-refractivity contribution in [2.75, 3.05) is 27.7 Å². The zero-order chi connectivity index (χ0) is 7.98. The molecule has 0 rings (SSSR count). The number of aliphatic hydroxyl groups excluding tert-OH is 1. The highest BCUT2D eigenvalue weighted by molar-refractivity contribution is 4.88. The van der Waals surface area contributed by atoms with Crippen molar-refractivity contribution in [1.82, 2.24) is 10.2 Å². The zero-order valence-corrected chi connectivity index (χ0v) is 6.89. The van der Waals surface area contributed by atoms with E-state index in [0.29, 0.717) is 12.2 Å². The minimum atomic E-state index is 0.399. The molecule has 3 heteroatoms. The molecule has 2 N–H and O–H groups in total. The van der Waals surface area contributed by atoms with E-state index in [2.05, 4.69) is 5.32 Å². The number of hydrogen-bond acceptors (Lipinski definition) is 3. The number of nitrogens with zero attached hydrogens (tertiary/aromatic N) is 1. The van der Waals surface area contributed by atoms with Gasteiger partial charge in [0, 0.05) is 26.2 Å². The second-order valence-electron chi connectivity index (χ2n) is 2.48. The summed E-state index contributed by atoms with van der Waals surface area (Å²) in [4.78, 5) is 2.03. The molecular formula is C7H16N2O. The maximum Gasteiger partial charge on any atom is 0.109 e. The van der Waals surface area contributed by atoms with E-state index in [1.807, 2.05) is 19.0 Å². The lowest BCUT2D eigenvalue weighted by atomic mass is 10.3. The molecule has 0 unspecified atom stereocenters. The molecule has 60 valence electrons. The molecule has 0 atom stereocenters. The van der Waals surface area contributed by atoms with Crippen LogP contribution in [0.5, 0.6) is 0 Å². The fraction of sp³-hybridized carbons (Fsp3) is 0.714. The molecular weight excluding hydrogens is 128 g/mol. The van der Waals surface area contributed by atoms with Crippen molar-refractivity contribution in [2.24, 2.45) is 0 Å². The van der Waals surface area contributed by atoms with Gasteiger partial charge in [-0.25, -0.2) is 0 Å². The van der Waals surface area contributed by atoms with E-state index in [-0.39, 0.29) is 0 Å². The Morgan fingerprint density at radius 3 is 2.60 bits per heavy atom. The summed E-state index contributed by atoms with van der Waals surface area (Å²) >= 11 is 0. The van der Waals surface area contributed by atoms with Gasteiger partial charge in [-0.1, -0.05) is 0 Å². The molecule has 0 aliphatic rings. The Morgan fingerprint density at radius 1 is 1.60 bits per heavy atom. The lowest BCUT2D eigenvalue weighted by Crippen LogP contribution is -2.14. The Labute approximate surface area is 62.3 Å². The Morgan fingerprint density at radius 2 is 2.20 bits per heavy atom. The van der Waals surface area contributed by atoms with Crippen molar-refractivity contribution >= 4 is 0 Å². The van der Waals surface area contributed by atoms with E-state index in [1.54, 1.807) is 13.2 Å². The molecule has 0 fully saturated rings. The highest BCUT2D eigenvalue weighted by atomic mass is 16.3. The predicted molar refractivity (Wildman–Crippen MR) is 42.9 cm³/mol. The van der Waals surface area contributed by atoms with Gasteiger partial charge in [0.05, 0.1) is 0 Å². The second-order valence-corrected chi connectivity index (χ2v) is 2.48. The molecule has 0 aromatic heterocycles. The standard InChI is InChI=1S/C7H16N2O/c1-8-6-7(10)4-5-9(2)3/h6,8,10H,4-5H2,1-3H3/b7-6-. The van der Waals surface area contributed by atoms with E-state index in [1.165, 1.54) is 0 Å². The van der Waals surface area contributed by atoms with Gasteiger partial charge in [0.25, 0.3) is 0 Å². The summed E-state index contributed by atoms with van der Waals surface area (Å²) in [5.74, 6) is 0.399. The molecule has 0 saturated heterocycles. The molecule has 0 radical (unpaired) electrons. The molecule has 0 saturated carbocycles. The first-order chi connectivity index (χ1) is 4.66. The molecule has 0 bridgehead atoms. The van der Waals surface area contributed by atoms with Crippen molar-refractivity contribution in [3.8, 4) is 0 Å². The number of aliphatic hydroxyl groups is 1. The van der Waals surface area contributed by atoms with Crippen LogP contribution in [0.3, 0.4) is 0 Å². The minimum absolute atomic E-state index is 0.399. The molecule has 0 amide bonds. The summed E-state index contributed by atoms with van der Waals surface area (Å²) in [7, 11) is 5.73. The van der Waals surface area contributed by atoms with E-state index in [4.69, 9.17) is 5.11 Å². The van der Waals surface area contributed by atoms with Crippen molar-refractivity contribution in [2.45, 2.75) is 6.42 Å². The molecule has 0 heterocycles. The van der Waals surface area contributed by atoms with Gasteiger partial charge in [-0.2, -0.15) is 0 Å². The van der Waals surface area contributed by atoms with Gasteiger partial charge in [0.1, 0.15) is 5.76 Å². The predicted octanol–water partition coefficient (Wildman–Crippen LogP) is 0.557. The normalized spacial score (nSPS) is 12.2. The maximum absolute atomic E-state index is 9.07. The van der Waals surface area contributed by atoms with Crippen LogP contribution in [-0.4, -0.2) is 37.7 Å². The third kappa shape index (κ3) is 5.44. The van der Waals surface area contributed by atoms with Crippen LogP contribution >= 0.6 is 0 Å². The average molecular weight is 144 g/mol. The fourth-order valence-corrected chi connectivity index (χ4v) is 0.577. The Bertz CT molecular complexity index is 110. The van der Waals surface area contributed by atoms with Gasteiger partial charge in [-0.3, -0.25) is 0 Å².